The predicted octanol–water partition coefficient (Wildman–Crippen LogP) is 7.12. The average molecular weight is 448 g/mol. The van der Waals surface area contributed by atoms with Crippen LogP contribution in [0.2, 0.25) is 0 Å². The minimum Gasteiger partial charge on any atom is -0.507 e. The molecule has 5 rings (SSSR count). The van der Waals surface area contributed by atoms with Crippen LogP contribution in [0.25, 0.3) is 22.6 Å². The van der Waals surface area contributed by atoms with Crippen molar-refractivity contribution in [3.8, 4) is 34.1 Å². The third-order valence-electron chi connectivity index (χ3n) is 5.23. The van der Waals surface area contributed by atoms with Crippen LogP contribution in [0.15, 0.2) is 116 Å². The Morgan fingerprint density at radius 2 is 1.03 bits per heavy atom. The van der Waals surface area contributed by atoms with E-state index in [0.29, 0.717) is 34.0 Å². The number of benzene rings is 3. The topological polar surface area (TPSA) is 91.5 Å². The summed E-state index contributed by atoms with van der Waals surface area (Å²) in [6, 6.07) is 25.1. The summed E-state index contributed by atoms with van der Waals surface area (Å²) in [5.41, 5.74) is 4.00. The van der Waals surface area contributed by atoms with Gasteiger partial charge in [0.2, 0.25) is 0 Å². The molecule has 0 atom stereocenters. The fourth-order valence-corrected chi connectivity index (χ4v) is 3.47. The molecule has 0 bridgehead atoms. The van der Waals surface area contributed by atoms with Crippen LogP contribution in [0.4, 0.5) is 11.4 Å². The van der Waals surface area contributed by atoms with Crippen molar-refractivity contribution in [3.05, 3.63) is 109 Å². The molecule has 0 aliphatic heterocycles. The van der Waals surface area contributed by atoms with Gasteiger partial charge in [-0.15, -0.1) is 0 Å². The molecule has 2 heterocycles. The van der Waals surface area contributed by atoms with Gasteiger partial charge in [0.15, 0.2) is 0 Å². The number of phenols is 2. The number of phenolic OH excluding ortho intramolecular Hbond substituents is 2. The summed E-state index contributed by atoms with van der Waals surface area (Å²) in [6.07, 6.45) is 6.38. The number of aromatic hydroxyl groups is 2. The first-order valence-corrected chi connectivity index (χ1v) is 10.6. The molecule has 2 N–H and O–H groups in total. The van der Waals surface area contributed by atoms with Crippen LogP contribution < -0.4 is 0 Å². The predicted molar refractivity (Wildman–Crippen MR) is 133 cm³/mol. The summed E-state index contributed by atoms with van der Waals surface area (Å²) in [6.45, 7) is 0. The van der Waals surface area contributed by atoms with E-state index in [4.69, 9.17) is 8.83 Å². The van der Waals surface area contributed by atoms with Crippen molar-refractivity contribution in [1.29, 1.82) is 0 Å². The third kappa shape index (κ3) is 4.52. The van der Waals surface area contributed by atoms with Crippen LogP contribution in [0.3, 0.4) is 0 Å². The fraction of sp³-hybridized carbons (Fsp3) is 0. The van der Waals surface area contributed by atoms with Crippen molar-refractivity contribution in [1.82, 2.24) is 0 Å². The first-order chi connectivity index (χ1) is 16.7. The molecule has 2 aromatic heterocycles. The van der Waals surface area contributed by atoms with Crippen molar-refractivity contribution in [3.63, 3.8) is 0 Å². The zero-order chi connectivity index (χ0) is 23.3. The minimum atomic E-state index is 0.111. The molecule has 166 valence electrons. The number of hydrogen-bond acceptors (Lipinski definition) is 6. The van der Waals surface area contributed by atoms with E-state index in [0.717, 1.165) is 11.1 Å². The van der Waals surface area contributed by atoms with Crippen LogP contribution >= 0.6 is 0 Å². The maximum Gasteiger partial charge on any atom is 0.133 e. The lowest BCUT2D eigenvalue weighted by Crippen LogP contribution is -1.86. The van der Waals surface area contributed by atoms with E-state index in [1.54, 1.807) is 49.2 Å². The van der Waals surface area contributed by atoms with Crippen molar-refractivity contribution >= 4 is 23.8 Å². The van der Waals surface area contributed by atoms with E-state index in [1.165, 1.54) is 0 Å². The molecule has 6 heteroatoms. The maximum atomic E-state index is 10.3. The Balaban J connectivity index is 1.43. The van der Waals surface area contributed by atoms with E-state index < -0.39 is 0 Å². The summed E-state index contributed by atoms with van der Waals surface area (Å²) in [5.74, 6) is 1.63. The second kappa shape index (κ2) is 9.34. The average Bonchev–Trinajstić information content (AvgIpc) is 3.58. The molecule has 6 nitrogen and oxygen atoms in total. The molecule has 0 fully saturated rings. The van der Waals surface area contributed by atoms with Crippen molar-refractivity contribution in [2.75, 3.05) is 0 Å². The Morgan fingerprint density at radius 1 is 0.559 bits per heavy atom. The van der Waals surface area contributed by atoms with Crippen LogP contribution in [-0.2, 0) is 0 Å². The van der Waals surface area contributed by atoms with Gasteiger partial charge in [-0.2, -0.15) is 0 Å². The number of aliphatic imine (C=N–C) groups is 2. The highest BCUT2D eigenvalue weighted by Crippen LogP contribution is 2.31. The molecule has 0 saturated carbocycles. The monoisotopic (exact) mass is 448 g/mol. The highest BCUT2D eigenvalue weighted by Gasteiger charge is 2.07. The lowest BCUT2D eigenvalue weighted by atomic mass is 10.1. The van der Waals surface area contributed by atoms with Crippen LogP contribution in [0.5, 0.6) is 11.5 Å². The van der Waals surface area contributed by atoms with E-state index in [1.807, 2.05) is 60.7 Å². The van der Waals surface area contributed by atoms with Gasteiger partial charge in [-0.05, 0) is 72.8 Å². The maximum absolute atomic E-state index is 10.3. The van der Waals surface area contributed by atoms with Gasteiger partial charge in [0.05, 0.1) is 23.9 Å². The van der Waals surface area contributed by atoms with E-state index in [9.17, 15) is 10.2 Å². The lowest BCUT2D eigenvalue weighted by molar-refractivity contribution is 0.474. The van der Waals surface area contributed by atoms with Crippen LogP contribution in [0, 0.1) is 0 Å². The van der Waals surface area contributed by atoms with Gasteiger partial charge in [0.25, 0.3) is 0 Å². The SMILES string of the molecule is Oc1ccc(-c2ccco2)cc1C=Nc1ccccc1N=Cc1cc(-c2ccco2)ccc1O. The lowest BCUT2D eigenvalue weighted by Gasteiger charge is -2.04. The molecule has 0 saturated heterocycles. The molecule has 0 aliphatic rings. The standard InChI is InChI=1S/C28H20N2O4/c31-25-11-9-19(27-7-3-13-33-27)15-21(25)17-29-23-5-1-2-6-24(23)30-18-22-16-20(10-12-26(22)32)28-8-4-14-34-28/h1-18,31-32H. The largest absolute Gasteiger partial charge is 0.507 e. The second-order valence-corrected chi connectivity index (χ2v) is 7.51. The molecule has 0 spiro atoms. The molecular weight excluding hydrogens is 428 g/mol. The van der Waals surface area contributed by atoms with Gasteiger partial charge in [-0.25, -0.2) is 0 Å². The molecular formula is C28H20N2O4. The Labute approximate surface area is 195 Å². The van der Waals surface area contributed by atoms with Gasteiger partial charge >= 0.3 is 0 Å². The fourth-order valence-electron chi connectivity index (χ4n) is 3.47. The number of nitrogens with zero attached hydrogens (tertiary/aromatic N) is 2. The van der Waals surface area contributed by atoms with Gasteiger partial charge in [-0.3, -0.25) is 9.98 Å². The number of hydrogen-bond donors (Lipinski definition) is 2. The highest BCUT2D eigenvalue weighted by molar-refractivity contribution is 5.91. The van der Waals surface area contributed by atoms with Crippen molar-refractivity contribution < 1.29 is 19.0 Å². The molecule has 0 radical (unpaired) electrons. The third-order valence-corrected chi connectivity index (χ3v) is 5.23. The van der Waals surface area contributed by atoms with Crippen LogP contribution in [-0.4, -0.2) is 22.6 Å². The summed E-state index contributed by atoms with van der Waals surface area (Å²) < 4.78 is 10.9. The molecule has 3 aromatic carbocycles. The number of para-hydroxylation sites is 2. The Kier molecular flexibility index (Phi) is 5.78. The van der Waals surface area contributed by atoms with Gasteiger partial charge in [0, 0.05) is 34.7 Å². The van der Waals surface area contributed by atoms with Crippen molar-refractivity contribution in [2.45, 2.75) is 0 Å². The van der Waals surface area contributed by atoms with Gasteiger partial charge in [0.1, 0.15) is 23.0 Å². The Morgan fingerprint density at radius 3 is 1.44 bits per heavy atom. The zero-order valence-corrected chi connectivity index (χ0v) is 18.0. The summed E-state index contributed by atoms with van der Waals surface area (Å²) in [4.78, 5) is 9.09. The molecule has 0 unspecified atom stereocenters. The van der Waals surface area contributed by atoms with Gasteiger partial charge < -0.3 is 19.0 Å². The first kappa shape index (κ1) is 21.0. The molecule has 5 aromatic rings. The smallest absolute Gasteiger partial charge is 0.133 e. The summed E-state index contributed by atoms with van der Waals surface area (Å²) >= 11 is 0. The van der Waals surface area contributed by atoms with E-state index >= 15 is 0 Å². The van der Waals surface area contributed by atoms with E-state index in [-0.39, 0.29) is 11.5 Å². The normalized spacial score (nSPS) is 11.5. The zero-order valence-electron chi connectivity index (χ0n) is 18.0. The Bertz CT molecular complexity index is 1350. The minimum absolute atomic E-state index is 0.111. The number of rotatable bonds is 6. The van der Waals surface area contributed by atoms with Crippen LogP contribution in [0.1, 0.15) is 11.1 Å². The molecule has 0 aliphatic carbocycles. The van der Waals surface area contributed by atoms with E-state index in [2.05, 4.69) is 9.98 Å². The molecule has 0 amide bonds. The Hall–Kier alpha value is -4.84. The highest BCUT2D eigenvalue weighted by atomic mass is 16.3. The second-order valence-electron chi connectivity index (χ2n) is 7.51. The molecule has 34 heavy (non-hydrogen) atoms. The first-order valence-electron chi connectivity index (χ1n) is 10.6. The summed E-state index contributed by atoms with van der Waals surface area (Å²) in [5, 5.41) is 20.6. The van der Waals surface area contributed by atoms with Gasteiger partial charge in [-0.1, -0.05) is 12.1 Å². The van der Waals surface area contributed by atoms with Crippen molar-refractivity contribution in [2.24, 2.45) is 9.98 Å². The number of furan rings is 2. The quantitative estimate of drug-likeness (QED) is 0.271. The summed E-state index contributed by atoms with van der Waals surface area (Å²) in [7, 11) is 0.